The molecule has 2 aliphatic rings. The van der Waals surface area contributed by atoms with Crippen LogP contribution in [0, 0.1) is 6.92 Å². The summed E-state index contributed by atoms with van der Waals surface area (Å²) in [4.78, 5) is 26.8. The summed E-state index contributed by atoms with van der Waals surface area (Å²) < 4.78 is 11.1. The summed E-state index contributed by atoms with van der Waals surface area (Å²) in [5.41, 5.74) is 1.55. The van der Waals surface area contributed by atoms with Crippen molar-refractivity contribution in [1.29, 1.82) is 0 Å². The van der Waals surface area contributed by atoms with Crippen LogP contribution in [0.1, 0.15) is 23.6 Å². The van der Waals surface area contributed by atoms with Gasteiger partial charge in [-0.1, -0.05) is 35.9 Å². The lowest BCUT2D eigenvalue weighted by atomic mass is 9.91. The van der Waals surface area contributed by atoms with Gasteiger partial charge in [0, 0.05) is 0 Å². The van der Waals surface area contributed by atoms with Gasteiger partial charge < -0.3 is 14.8 Å². The zero-order valence-corrected chi connectivity index (χ0v) is 14.7. The van der Waals surface area contributed by atoms with Crippen molar-refractivity contribution in [3.63, 3.8) is 0 Å². The molecule has 0 radical (unpaired) electrons. The molecule has 1 fully saturated rings. The Morgan fingerprint density at radius 1 is 1.08 bits per heavy atom. The van der Waals surface area contributed by atoms with E-state index in [0.29, 0.717) is 30.3 Å². The highest BCUT2D eigenvalue weighted by molar-refractivity contribution is 6.07. The highest BCUT2D eigenvalue weighted by atomic mass is 16.6. The average Bonchev–Trinajstić information content (AvgIpc) is 2.85. The maximum atomic E-state index is 13.1. The standard InChI is InChI=1S/C20H20N2O4/c1-13-4-3-5-14(10-13)12-22-18(23)20(2,21-19(22)24)15-6-7-16-17(11-15)26-9-8-25-16/h3-7,10-11H,8-9,12H2,1-2H3,(H,21,24)/t20-/m0/s1. The Bertz CT molecular complexity index is 895. The third-order valence-electron chi connectivity index (χ3n) is 4.82. The lowest BCUT2D eigenvalue weighted by molar-refractivity contribution is -0.131. The van der Waals surface area contributed by atoms with Crippen LogP contribution < -0.4 is 14.8 Å². The Labute approximate surface area is 151 Å². The molecule has 0 spiro atoms. The first-order chi connectivity index (χ1) is 12.5. The Balaban J connectivity index is 1.63. The van der Waals surface area contributed by atoms with Crippen molar-refractivity contribution in [2.24, 2.45) is 0 Å². The van der Waals surface area contributed by atoms with Gasteiger partial charge in [-0.3, -0.25) is 9.69 Å². The second-order valence-corrected chi connectivity index (χ2v) is 6.79. The number of fused-ring (bicyclic) bond motifs is 1. The van der Waals surface area contributed by atoms with Gasteiger partial charge in [0.25, 0.3) is 5.91 Å². The van der Waals surface area contributed by atoms with Crippen molar-refractivity contribution in [3.8, 4) is 11.5 Å². The van der Waals surface area contributed by atoms with Crippen molar-refractivity contribution in [2.75, 3.05) is 13.2 Å². The minimum Gasteiger partial charge on any atom is -0.486 e. The average molecular weight is 352 g/mol. The topological polar surface area (TPSA) is 67.9 Å². The SMILES string of the molecule is Cc1cccc(CN2C(=O)N[C@@](C)(c3ccc4c(c3)OCCO4)C2=O)c1. The predicted octanol–water partition coefficient (Wildman–Crippen LogP) is 2.73. The molecule has 4 rings (SSSR count). The number of nitrogens with one attached hydrogen (secondary N) is 1. The van der Waals surface area contributed by atoms with Gasteiger partial charge in [0.1, 0.15) is 18.8 Å². The van der Waals surface area contributed by atoms with Crippen LogP contribution in [0.5, 0.6) is 11.5 Å². The quantitative estimate of drug-likeness (QED) is 0.863. The van der Waals surface area contributed by atoms with Crippen LogP contribution in [0.2, 0.25) is 0 Å². The second-order valence-electron chi connectivity index (χ2n) is 6.79. The van der Waals surface area contributed by atoms with E-state index in [0.717, 1.165) is 11.1 Å². The van der Waals surface area contributed by atoms with Gasteiger partial charge in [0.05, 0.1) is 6.54 Å². The number of urea groups is 1. The zero-order valence-electron chi connectivity index (χ0n) is 14.7. The van der Waals surface area contributed by atoms with Gasteiger partial charge in [-0.2, -0.15) is 0 Å². The first kappa shape index (κ1) is 16.4. The fourth-order valence-electron chi connectivity index (χ4n) is 3.38. The van der Waals surface area contributed by atoms with E-state index in [1.165, 1.54) is 4.90 Å². The minimum absolute atomic E-state index is 0.243. The van der Waals surface area contributed by atoms with Crippen molar-refractivity contribution in [3.05, 3.63) is 59.2 Å². The molecule has 6 nitrogen and oxygen atoms in total. The molecule has 6 heteroatoms. The van der Waals surface area contributed by atoms with Crippen LogP contribution in [0.25, 0.3) is 0 Å². The third-order valence-corrected chi connectivity index (χ3v) is 4.82. The molecular weight excluding hydrogens is 332 g/mol. The number of aryl methyl sites for hydroxylation is 1. The van der Waals surface area contributed by atoms with Gasteiger partial charge >= 0.3 is 6.03 Å². The van der Waals surface area contributed by atoms with E-state index in [9.17, 15) is 9.59 Å². The van der Waals surface area contributed by atoms with Crippen LogP contribution in [0.3, 0.4) is 0 Å². The molecule has 1 saturated heterocycles. The van der Waals surface area contributed by atoms with Crippen LogP contribution in [0.15, 0.2) is 42.5 Å². The molecule has 0 unspecified atom stereocenters. The lowest BCUT2D eigenvalue weighted by Crippen LogP contribution is -2.41. The fourth-order valence-corrected chi connectivity index (χ4v) is 3.38. The first-order valence-electron chi connectivity index (χ1n) is 8.57. The number of rotatable bonds is 3. The summed E-state index contributed by atoms with van der Waals surface area (Å²) >= 11 is 0. The molecule has 3 amide bonds. The molecule has 0 aliphatic carbocycles. The van der Waals surface area contributed by atoms with Crippen LogP contribution in [0.4, 0.5) is 4.79 Å². The highest BCUT2D eigenvalue weighted by Gasteiger charge is 2.49. The minimum atomic E-state index is -1.13. The normalized spacial score (nSPS) is 21.7. The number of benzene rings is 2. The van der Waals surface area contributed by atoms with E-state index in [2.05, 4.69) is 5.32 Å². The first-order valence-corrected chi connectivity index (χ1v) is 8.57. The number of nitrogens with zero attached hydrogens (tertiary/aromatic N) is 1. The molecule has 2 heterocycles. The molecule has 1 atom stereocenters. The number of carbonyl (C=O) groups is 2. The van der Waals surface area contributed by atoms with E-state index in [1.54, 1.807) is 25.1 Å². The Hall–Kier alpha value is -3.02. The van der Waals surface area contributed by atoms with Crippen molar-refractivity contribution < 1.29 is 19.1 Å². The van der Waals surface area contributed by atoms with Crippen LogP contribution in [-0.2, 0) is 16.9 Å². The van der Waals surface area contributed by atoms with Crippen LogP contribution >= 0.6 is 0 Å². The van der Waals surface area contributed by atoms with Crippen molar-refractivity contribution in [1.82, 2.24) is 10.2 Å². The van der Waals surface area contributed by atoms with Crippen molar-refractivity contribution in [2.45, 2.75) is 25.9 Å². The largest absolute Gasteiger partial charge is 0.486 e. The highest BCUT2D eigenvalue weighted by Crippen LogP contribution is 2.37. The summed E-state index contributed by atoms with van der Waals surface area (Å²) in [6.07, 6.45) is 0. The van der Waals surface area contributed by atoms with Gasteiger partial charge in [0.2, 0.25) is 0 Å². The maximum absolute atomic E-state index is 13.1. The molecule has 0 saturated carbocycles. The second kappa shape index (κ2) is 6.05. The molecular formula is C20H20N2O4. The van der Waals surface area contributed by atoms with E-state index >= 15 is 0 Å². The molecule has 2 aromatic rings. The third kappa shape index (κ3) is 2.67. The molecule has 134 valence electrons. The Morgan fingerprint density at radius 2 is 1.85 bits per heavy atom. The molecule has 0 aromatic heterocycles. The Morgan fingerprint density at radius 3 is 2.62 bits per heavy atom. The number of carbonyl (C=O) groups excluding carboxylic acids is 2. The molecule has 0 bridgehead atoms. The smallest absolute Gasteiger partial charge is 0.325 e. The van der Waals surface area contributed by atoms with Gasteiger partial charge in [0.15, 0.2) is 11.5 Å². The summed E-state index contributed by atoms with van der Waals surface area (Å²) in [7, 11) is 0. The monoisotopic (exact) mass is 352 g/mol. The van der Waals surface area contributed by atoms with Gasteiger partial charge in [-0.25, -0.2) is 4.79 Å². The van der Waals surface area contributed by atoms with Gasteiger partial charge in [-0.15, -0.1) is 0 Å². The number of hydrogen-bond donors (Lipinski definition) is 1. The van der Waals surface area contributed by atoms with E-state index in [1.807, 2.05) is 31.2 Å². The van der Waals surface area contributed by atoms with Crippen LogP contribution in [-0.4, -0.2) is 30.1 Å². The van der Waals surface area contributed by atoms with E-state index in [4.69, 9.17) is 9.47 Å². The molecule has 1 N–H and O–H groups in total. The maximum Gasteiger partial charge on any atom is 0.325 e. The fraction of sp³-hybridized carbons (Fsp3) is 0.300. The number of amides is 3. The number of ether oxygens (including phenoxy) is 2. The Kier molecular flexibility index (Phi) is 3.83. The summed E-state index contributed by atoms with van der Waals surface area (Å²) in [5, 5.41) is 2.83. The van der Waals surface area contributed by atoms with Crippen molar-refractivity contribution >= 4 is 11.9 Å². The predicted molar refractivity (Wildman–Crippen MR) is 95.0 cm³/mol. The number of imide groups is 1. The zero-order chi connectivity index (χ0) is 18.3. The molecule has 2 aromatic carbocycles. The van der Waals surface area contributed by atoms with E-state index in [-0.39, 0.29) is 12.5 Å². The summed E-state index contributed by atoms with van der Waals surface area (Å²) in [6, 6.07) is 12.7. The number of hydrogen-bond acceptors (Lipinski definition) is 4. The van der Waals surface area contributed by atoms with E-state index < -0.39 is 11.6 Å². The molecule has 26 heavy (non-hydrogen) atoms. The lowest BCUT2D eigenvalue weighted by Gasteiger charge is -2.25. The molecule has 2 aliphatic heterocycles. The summed E-state index contributed by atoms with van der Waals surface area (Å²) in [5.74, 6) is 0.965. The summed E-state index contributed by atoms with van der Waals surface area (Å²) in [6.45, 7) is 4.91. The van der Waals surface area contributed by atoms with Gasteiger partial charge in [-0.05, 0) is 37.1 Å².